The zero-order chi connectivity index (χ0) is 13.4. The fourth-order valence-corrected chi connectivity index (χ4v) is 2.33. The summed E-state index contributed by atoms with van der Waals surface area (Å²) in [7, 11) is 0. The lowest BCUT2D eigenvalue weighted by atomic mass is 9.95. The second-order valence-electron chi connectivity index (χ2n) is 5.56. The molecule has 3 atom stereocenters. The van der Waals surface area contributed by atoms with E-state index in [9.17, 15) is 4.79 Å². The van der Waals surface area contributed by atoms with E-state index in [0.717, 1.165) is 25.5 Å². The fraction of sp³-hybridized carbons (Fsp3) is 0.688. The molecular formula is C16H26O2. The zero-order valence-electron chi connectivity index (χ0n) is 11.9. The number of hydrogen-bond acceptors (Lipinski definition) is 2. The second-order valence-corrected chi connectivity index (χ2v) is 5.56. The van der Waals surface area contributed by atoms with Gasteiger partial charge in [-0.05, 0) is 45.4 Å². The molecule has 1 heterocycles. The van der Waals surface area contributed by atoms with Crippen LogP contribution in [0.4, 0.5) is 0 Å². The van der Waals surface area contributed by atoms with Gasteiger partial charge in [-0.25, -0.2) is 0 Å². The maximum atomic E-state index is 10.5. The van der Waals surface area contributed by atoms with Crippen LogP contribution in [-0.4, -0.2) is 18.5 Å². The van der Waals surface area contributed by atoms with Crippen molar-refractivity contribution in [2.45, 2.75) is 65.1 Å². The number of ether oxygens (including phenoxy) is 1. The van der Waals surface area contributed by atoms with Crippen LogP contribution >= 0.6 is 0 Å². The number of allylic oxidation sites excluding steroid dienone is 2. The summed E-state index contributed by atoms with van der Waals surface area (Å²) in [5.74, 6) is 0.675. The summed E-state index contributed by atoms with van der Waals surface area (Å²) < 4.78 is 5.89. The predicted octanol–water partition coefficient (Wildman–Crippen LogP) is 4.06. The van der Waals surface area contributed by atoms with Gasteiger partial charge in [0.15, 0.2) is 0 Å². The Morgan fingerprint density at radius 1 is 1.50 bits per heavy atom. The summed E-state index contributed by atoms with van der Waals surface area (Å²) >= 11 is 0. The van der Waals surface area contributed by atoms with Crippen LogP contribution in [0.3, 0.4) is 0 Å². The zero-order valence-corrected chi connectivity index (χ0v) is 11.9. The molecule has 0 N–H and O–H groups in total. The van der Waals surface area contributed by atoms with Crippen LogP contribution < -0.4 is 0 Å². The van der Waals surface area contributed by atoms with E-state index in [1.54, 1.807) is 0 Å². The van der Waals surface area contributed by atoms with Crippen molar-refractivity contribution in [3.05, 3.63) is 23.8 Å². The number of carbonyl (C=O) groups is 1. The number of hydrogen-bond donors (Lipinski definition) is 0. The minimum absolute atomic E-state index is 0.00577. The molecule has 0 unspecified atom stereocenters. The highest BCUT2D eigenvalue weighted by Gasteiger charge is 2.19. The van der Waals surface area contributed by atoms with Crippen molar-refractivity contribution in [1.29, 1.82) is 0 Å². The third kappa shape index (κ3) is 6.15. The Morgan fingerprint density at radius 2 is 2.28 bits per heavy atom. The van der Waals surface area contributed by atoms with Crippen LogP contribution in [0.1, 0.15) is 52.9 Å². The van der Waals surface area contributed by atoms with Crippen LogP contribution in [0.15, 0.2) is 23.8 Å². The van der Waals surface area contributed by atoms with Crippen LogP contribution in [0, 0.1) is 5.92 Å². The Labute approximate surface area is 111 Å². The van der Waals surface area contributed by atoms with E-state index in [4.69, 9.17) is 4.74 Å². The first-order valence-electron chi connectivity index (χ1n) is 7.01. The summed E-state index contributed by atoms with van der Waals surface area (Å²) in [4.78, 5) is 10.5. The average molecular weight is 250 g/mol. The van der Waals surface area contributed by atoms with Crippen molar-refractivity contribution < 1.29 is 9.53 Å². The van der Waals surface area contributed by atoms with Crippen LogP contribution in [0.2, 0.25) is 0 Å². The summed E-state index contributed by atoms with van der Waals surface area (Å²) in [6.07, 6.45) is 12.6. The molecule has 18 heavy (non-hydrogen) atoms. The highest BCUT2D eigenvalue weighted by Crippen LogP contribution is 2.23. The maximum absolute atomic E-state index is 10.5. The highest BCUT2D eigenvalue weighted by atomic mass is 16.5. The lowest BCUT2D eigenvalue weighted by Gasteiger charge is -2.27. The van der Waals surface area contributed by atoms with Crippen molar-refractivity contribution in [2.75, 3.05) is 0 Å². The molecule has 0 aromatic rings. The van der Waals surface area contributed by atoms with Gasteiger partial charge in [-0.1, -0.05) is 30.7 Å². The normalized spacial score (nSPS) is 24.6. The maximum Gasteiger partial charge on any atom is 0.122 e. The van der Waals surface area contributed by atoms with Gasteiger partial charge in [0.2, 0.25) is 0 Å². The first-order chi connectivity index (χ1) is 8.61. The topological polar surface area (TPSA) is 26.3 Å². The van der Waals surface area contributed by atoms with E-state index in [1.807, 2.05) is 6.08 Å². The molecule has 0 radical (unpaired) electrons. The van der Waals surface area contributed by atoms with Crippen LogP contribution in [0.5, 0.6) is 0 Å². The number of carbonyl (C=O) groups excluding carboxylic acids is 1. The van der Waals surface area contributed by atoms with E-state index in [1.165, 1.54) is 12.0 Å². The van der Waals surface area contributed by atoms with Gasteiger partial charge in [-0.15, -0.1) is 0 Å². The van der Waals surface area contributed by atoms with Crippen molar-refractivity contribution >= 4 is 6.29 Å². The van der Waals surface area contributed by atoms with Crippen molar-refractivity contribution in [3.63, 3.8) is 0 Å². The lowest BCUT2D eigenvalue weighted by molar-refractivity contribution is -0.111. The Bertz CT molecular complexity index is 300. The molecule has 102 valence electrons. The Kier molecular flexibility index (Phi) is 6.96. The molecule has 0 aromatic carbocycles. The summed E-state index contributed by atoms with van der Waals surface area (Å²) in [5.41, 5.74) is 1.39. The van der Waals surface area contributed by atoms with Gasteiger partial charge in [-0.2, -0.15) is 0 Å². The fourth-order valence-electron chi connectivity index (χ4n) is 2.33. The van der Waals surface area contributed by atoms with E-state index < -0.39 is 0 Å². The summed E-state index contributed by atoms with van der Waals surface area (Å²) in [5, 5.41) is 0. The number of aldehydes is 1. The van der Waals surface area contributed by atoms with Gasteiger partial charge in [0.1, 0.15) is 6.29 Å². The Balaban J connectivity index is 2.27. The van der Waals surface area contributed by atoms with E-state index in [-0.39, 0.29) is 6.10 Å². The SMILES string of the molecule is CC(C)=CCC[C@H](C)C[C@@H]1CC=C[C@@H](CC=O)O1. The monoisotopic (exact) mass is 250 g/mol. The van der Waals surface area contributed by atoms with E-state index in [0.29, 0.717) is 18.4 Å². The smallest absolute Gasteiger partial charge is 0.122 e. The van der Waals surface area contributed by atoms with Crippen molar-refractivity contribution in [2.24, 2.45) is 5.92 Å². The quantitative estimate of drug-likeness (QED) is 0.503. The van der Waals surface area contributed by atoms with Crippen molar-refractivity contribution in [3.8, 4) is 0 Å². The lowest BCUT2D eigenvalue weighted by Crippen LogP contribution is -2.26. The van der Waals surface area contributed by atoms with Gasteiger partial charge < -0.3 is 9.53 Å². The predicted molar refractivity (Wildman–Crippen MR) is 75.5 cm³/mol. The van der Waals surface area contributed by atoms with Crippen LogP contribution in [0.25, 0.3) is 0 Å². The van der Waals surface area contributed by atoms with Gasteiger partial charge in [0, 0.05) is 6.42 Å². The molecule has 1 aliphatic rings. The van der Waals surface area contributed by atoms with Gasteiger partial charge in [-0.3, -0.25) is 0 Å². The molecule has 0 fully saturated rings. The molecule has 2 heteroatoms. The molecule has 0 bridgehead atoms. The molecule has 0 aliphatic carbocycles. The molecule has 2 nitrogen and oxygen atoms in total. The number of rotatable bonds is 7. The van der Waals surface area contributed by atoms with Gasteiger partial charge in [0.25, 0.3) is 0 Å². The average Bonchev–Trinajstić information content (AvgIpc) is 2.29. The minimum Gasteiger partial charge on any atom is -0.370 e. The minimum atomic E-state index is 0.00577. The largest absolute Gasteiger partial charge is 0.370 e. The molecule has 0 spiro atoms. The molecule has 0 saturated carbocycles. The van der Waals surface area contributed by atoms with Gasteiger partial charge in [0.05, 0.1) is 12.2 Å². The summed E-state index contributed by atoms with van der Waals surface area (Å²) in [6, 6.07) is 0. The molecule has 0 amide bonds. The molecule has 0 aromatic heterocycles. The van der Waals surface area contributed by atoms with E-state index >= 15 is 0 Å². The first kappa shape index (κ1) is 15.2. The van der Waals surface area contributed by atoms with Gasteiger partial charge >= 0.3 is 0 Å². The first-order valence-corrected chi connectivity index (χ1v) is 7.01. The van der Waals surface area contributed by atoms with Crippen LogP contribution in [-0.2, 0) is 9.53 Å². The summed E-state index contributed by atoms with van der Waals surface area (Å²) in [6.45, 7) is 6.57. The van der Waals surface area contributed by atoms with Crippen molar-refractivity contribution in [1.82, 2.24) is 0 Å². The molecule has 0 saturated heterocycles. The Hall–Kier alpha value is -0.890. The molecular weight excluding hydrogens is 224 g/mol. The third-order valence-electron chi connectivity index (χ3n) is 3.32. The van der Waals surface area contributed by atoms with E-state index in [2.05, 4.69) is 32.9 Å². The molecule has 1 aliphatic heterocycles. The standard InChI is InChI=1S/C16H26O2/c1-13(2)6-4-7-14(3)12-16-9-5-8-15(18-16)10-11-17/h5-6,8,11,14-16H,4,7,9-10,12H2,1-3H3/t14-,15-,16-/m0/s1. The third-order valence-corrected chi connectivity index (χ3v) is 3.32. The Morgan fingerprint density at radius 3 is 2.94 bits per heavy atom. The molecule has 1 rings (SSSR count). The second kappa shape index (κ2) is 8.25. The highest BCUT2D eigenvalue weighted by molar-refractivity contribution is 5.50.